The Labute approximate surface area is 195 Å². The number of anilines is 2. The molecule has 1 aromatic heterocycles. The van der Waals surface area contributed by atoms with Crippen molar-refractivity contribution in [2.75, 3.05) is 23.3 Å². The molecule has 1 aliphatic rings. The highest BCUT2D eigenvalue weighted by Crippen LogP contribution is 2.33. The quantitative estimate of drug-likeness (QED) is 0.474. The average molecular weight is 455 g/mol. The fourth-order valence-corrected chi connectivity index (χ4v) is 4.49. The molecule has 1 saturated heterocycles. The summed E-state index contributed by atoms with van der Waals surface area (Å²) in [5.41, 5.74) is 3.28. The molecule has 170 valence electrons. The molecule has 0 spiro atoms. The van der Waals surface area contributed by atoms with Gasteiger partial charge in [0.25, 0.3) is 0 Å². The van der Waals surface area contributed by atoms with Crippen LogP contribution in [0.25, 0.3) is 10.9 Å². The van der Waals surface area contributed by atoms with Crippen molar-refractivity contribution in [2.24, 2.45) is 0 Å². The molecule has 0 atom stereocenters. The van der Waals surface area contributed by atoms with E-state index in [1.165, 1.54) is 0 Å². The number of piperidine rings is 1. The van der Waals surface area contributed by atoms with E-state index in [0.29, 0.717) is 34.5 Å². The fourth-order valence-electron chi connectivity index (χ4n) is 4.37. The molecule has 0 amide bonds. The second-order valence-corrected chi connectivity index (χ2v) is 10.2. The predicted octanol–water partition coefficient (Wildman–Crippen LogP) is 6.30. The van der Waals surface area contributed by atoms with Crippen LogP contribution < -0.4 is 15.5 Å². The van der Waals surface area contributed by atoms with Gasteiger partial charge in [0, 0.05) is 53.4 Å². The van der Waals surface area contributed by atoms with E-state index in [1.807, 2.05) is 36.4 Å². The SMILES string of the molecule is Cc1ccc2c(N3CCC(NC(C)(C)C)CC3)cc(NCc3ccc(Cl)cc3)nc2c1F. The summed E-state index contributed by atoms with van der Waals surface area (Å²) >= 11 is 5.99. The number of rotatable bonds is 5. The third-order valence-electron chi connectivity index (χ3n) is 5.95. The topological polar surface area (TPSA) is 40.2 Å². The highest BCUT2D eigenvalue weighted by atomic mass is 35.5. The van der Waals surface area contributed by atoms with Crippen LogP contribution in [-0.4, -0.2) is 29.7 Å². The van der Waals surface area contributed by atoms with Crippen LogP contribution in [0.3, 0.4) is 0 Å². The van der Waals surface area contributed by atoms with Gasteiger partial charge in [0.05, 0.1) is 0 Å². The molecule has 0 unspecified atom stereocenters. The van der Waals surface area contributed by atoms with E-state index >= 15 is 4.39 Å². The minimum Gasteiger partial charge on any atom is -0.371 e. The molecular weight excluding hydrogens is 423 g/mol. The predicted molar refractivity (Wildman–Crippen MR) is 133 cm³/mol. The monoisotopic (exact) mass is 454 g/mol. The van der Waals surface area contributed by atoms with Crippen LogP contribution in [0.2, 0.25) is 5.02 Å². The first kappa shape index (κ1) is 22.8. The van der Waals surface area contributed by atoms with Crippen LogP contribution in [0.15, 0.2) is 42.5 Å². The summed E-state index contributed by atoms with van der Waals surface area (Å²) in [7, 11) is 0. The van der Waals surface area contributed by atoms with Crippen LogP contribution in [0.4, 0.5) is 15.9 Å². The second kappa shape index (κ2) is 9.24. The summed E-state index contributed by atoms with van der Waals surface area (Å²) in [4.78, 5) is 7.00. The van der Waals surface area contributed by atoms with E-state index in [1.54, 1.807) is 6.92 Å². The molecule has 0 saturated carbocycles. The van der Waals surface area contributed by atoms with Crippen molar-refractivity contribution in [3.8, 4) is 0 Å². The number of halogens is 2. The van der Waals surface area contributed by atoms with E-state index < -0.39 is 0 Å². The number of aromatic nitrogens is 1. The van der Waals surface area contributed by atoms with Crippen molar-refractivity contribution in [1.29, 1.82) is 0 Å². The first-order valence-corrected chi connectivity index (χ1v) is 11.7. The Balaban J connectivity index is 1.61. The zero-order valence-electron chi connectivity index (χ0n) is 19.3. The van der Waals surface area contributed by atoms with E-state index in [4.69, 9.17) is 11.6 Å². The Hall–Kier alpha value is -2.37. The zero-order valence-corrected chi connectivity index (χ0v) is 20.1. The third-order valence-corrected chi connectivity index (χ3v) is 6.20. The van der Waals surface area contributed by atoms with Gasteiger partial charge in [-0.15, -0.1) is 0 Å². The molecule has 2 N–H and O–H groups in total. The number of hydrogen-bond donors (Lipinski definition) is 2. The Kier molecular flexibility index (Phi) is 6.59. The molecule has 4 nitrogen and oxygen atoms in total. The summed E-state index contributed by atoms with van der Waals surface area (Å²) in [5.74, 6) is 0.435. The van der Waals surface area contributed by atoms with Crippen molar-refractivity contribution in [3.05, 3.63) is 64.4 Å². The molecule has 0 aliphatic carbocycles. The van der Waals surface area contributed by atoms with Crippen LogP contribution in [0.1, 0.15) is 44.7 Å². The molecule has 2 heterocycles. The van der Waals surface area contributed by atoms with Crippen molar-refractivity contribution >= 4 is 34.0 Å². The largest absolute Gasteiger partial charge is 0.371 e. The van der Waals surface area contributed by atoms with Crippen LogP contribution >= 0.6 is 11.6 Å². The third kappa shape index (κ3) is 5.33. The van der Waals surface area contributed by atoms with Gasteiger partial charge >= 0.3 is 0 Å². The Bertz CT molecular complexity index is 1080. The second-order valence-electron chi connectivity index (χ2n) is 9.75. The van der Waals surface area contributed by atoms with Crippen molar-refractivity contribution in [1.82, 2.24) is 10.3 Å². The van der Waals surface area contributed by atoms with Gasteiger partial charge in [0.15, 0.2) is 5.82 Å². The molecule has 0 radical (unpaired) electrons. The number of nitrogens with zero attached hydrogens (tertiary/aromatic N) is 2. The maximum atomic E-state index is 15.0. The minimum atomic E-state index is -0.247. The molecule has 0 bridgehead atoms. The molecular formula is C26H32ClFN4. The molecule has 1 fully saturated rings. The fraction of sp³-hybridized carbons (Fsp3) is 0.423. The molecule has 1 aliphatic heterocycles. The lowest BCUT2D eigenvalue weighted by Crippen LogP contribution is -2.49. The lowest BCUT2D eigenvalue weighted by molar-refractivity contribution is 0.317. The number of nitrogens with one attached hydrogen (secondary N) is 2. The van der Waals surface area contributed by atoms with Crippen LogP contribution in [-0.2, 0) is 6.54 Å². The Morgan fingerprint density at radius 1 is 1.09 bits per heavy atom. The summed E-state index contributed by atoms with van der Waals surface area (Å²) in [6, 6.07) is 14.1. The summed E-state index contributed by atoms with van der Waals surface area (Å²) in [5, 5.41) is 8.67. The number of aryl methyl sites for hydroxylation is 1. The van der Waals surface area contributed by atoms with E-state index in [0.717, 1.165) is 42.6 Å². The summed E-state index contributed by atoms with van der Waals surface area (Å²) in [6.07, 6.45) is 2.12. The van der Waals surface area contributed by atoms with Crippen molar-refractivity contribution in [2.45, 2.75) is 58.7 Å². The van der Waals surface area contributed by atoms with E-state index in [9.17, 15) is 0 Å². The summed E-state index contributed by atoms with van der Waals surface area (Å²) in [6.45, 7) is 10.9. The lowest BCUT2D eigenvalue weighted by Gasteiger charge is -2.37. The van der Waals surface area contributed by atoms with E-state index in [-0.39, 0.29) is 11.4 Å². The van der Waals surface area contributed by atoms with Gasteiger partial charge < -0.3 is 15.5 Å². The number of fused-ring (bicyclic) bond motifs is 1. The first-order valence-electron chi connectivity index (χ1n) is 11.3. The van der Waals surface area contributed by atoms with Crippen LogP contribution in [0.5, 0.6) is 0 Å². The van der Waals surface area contributed by atoms with Gasteiger partial charge in [0.2, 0.25) is 0 Å². The zero-order chi connectivity index (χ0) is 22.9. The number of hydrogen-bond acceptors (Lipinski definition) is 4. The van der Waals surface area contributed by atoms with E-state index in [2.05, 4.69) is 47.4 Å². The molecule has 4 rings (SSSR count). The number of pyridine rings is 1. The molecule has 32 heavy (non-hydrogen) atoms. The van der Waals surface area contributed by atoms with Crippen molar-refractivity contribution in [3.63, 3.8) is 0 Å². The Morgan fingerprint density at radius 2 is 1.78 bits per heavy atom. The van der Waals surface area contributed by atoms with Gasteiger partial charge in [-0.25, -0.2) is 9.37 Å². The minimum absolute atomic E-state index is 0.107. The maximum Gasteiger partial charge on any atom is 0.152 e. The molecule has 6 heteroatoms. The summed E-state index contributed by atoms with van der Waals surface area (Å²) < 4.78 is 15.0. The lowest BCUT2D eigenvalue weighted by atomic mass is 9.99. The first-order chi connectivity index (χ1) is 15.2. The normalized spacial score (nSPS) is 15.4. The van der Waals surface area contributed by atoms with Gasteiger partial charge in [-0.1, -0.05) is 35.9 Å². The van der Waals surface area contributed by atoms with Gasteiger partial charge in [-0.3, -0.25) is 0 Å². The smallest absolute Gasteiger partial charge is 0.152 e. The average Bonchev–Trinajstić information content (AvgIpc) is 2.75. The van der Waals surface area contributed by atoms with Gasteiger partial charge in [-0.05, 0) is 63.8 Å². The highest BCUT2D eigenvalue weighted by molar-refractivity contribution is 6.30. The Morgan fingerprint density at radius 3 is 2.44 bits per heavy atom. The van der Waals surface area contributed by atoms with Gasteiger partial charge in [-0.2, -0.15) is 0 Å². The van der Waals surface area contributed by atoms with Crippen LogP contribution in [0, 0.1) is 12.7 Å². The number of benzene rings is 2. The highest BCUT2D eigenvalue weighted by Gasteiger charge is 2.25. The standard InChI is InChI=1S/C26H32ClFN4/c1-17-5-10-21-22(32-13-11-20(12-14-32)31-26(2,3)4)15-23(30-25(21)24(17)28)29-16-18-6-8-19(27)9-7-18/h5-10,15,20,31H,11-14,16H2,1-4H3,(H,29,30). The molecule has 2 aromatic carbocycles. The van der Waals surface area contributed by atoms with Crippen molar-refractivity contribution < 1.29 is 4.39 Å². The molecule has 3 aromatic rings. The maximum absolute atomic E-state index is 15.0. The van der Waals surface area contributed by atoms with Gasteiger partial charge in [0.1, 0.15) is 11.3 Å².